The van der Waals surface area contributed by atoms with E-state index in [0.29, 0.717) is 18.6 Å². The highest BCUT2D eigenvalue weighted by Gasteiger charge is 2.26. The Morgan fingerprint density at radius 3 is 2.38 bits per heavy atom. The third-order valence-corrected chi connectivity index (χ3v) is 5.54. The van der Waals surface area contributed by atoms with Gasteiger partial charge in [-0.15, -0.1) is 11.8 Å². The monoisotopic (exact) mass is 307 g/mol. The van der Waals surface area contributed by atoms with Crippen molar-refractivity contribution in [2.75, 3.05) is 39.5 Å². The molecule has 1 atom stereocenters. The molecule has 0 aliphatic carbocycles. The largest absolute Gasteiger partial charge is 0.329 e. The first-order valence-corrected chi connectivity index (χ1v) is 9.20. The van der Waals surface area contributed by atoms with Crippen LogP contribution in [0.1, 0.15) is 31.4 Å². The lowest BCUT2D eigenvalue weighted by Crippen LogP contribution is -2.45. The SMILES string of the molecule is CCN1CCC(N(C)C(CN)c2ccc(SC)cc2)CC1. The zero-order valence-electron chi connectivity index (χ0n) is 13.6. The highest BCUT2D eigenvalue weighted by molar-refractivity contribution is 7.98. The second-order valence-electron chi connectivity index (χ2n) is 5.86. The molecule has 1 saturated heterocycles. The van der Waals surface area contributed by atoms with Crippen LogP contribution in [0.25, 0.3) is 0 Å². The Balaban J connectivity index is 2.02. The van der Waals surface area contributed by atoms with E-state index >= 15 is 0 Å². The molecule has 1 fully saturated rings. The number of rotatable bonds is 6. The summed E-state index contributed by atoms with van der Waals surface area (Å²) in [6.07, 6.45) is 4.62. The number of thioether (sulfide) groups is 1. The van der Waals surface area contributed by atoms with Crippen molar-refractivity contribution in [2.45, 2.75) is 36.7 Å². The minimum atomic E-state index is 0.332. The first kappa shape index (κ1) is 16.8. The summed E-state index contributed by atoms with van der Waals surface area (Å²) in [7, 11) is 2.24. The van der Waals surface area contributed by atoms with Gasteiger partial charge in [-0.2, -0.15) is 0 Å². The smallest absolute Gasteiger partial charge is 0.0470 e. The molecule has 118 valence electrons. The molecule has 0 amide bonds. The summed E-state index contributed by atoms with van der Waals surface area (Å²) in [6, 6.07) is 9.87. The van der Waals surface area contributed by atoms with Crippen LogP contribution < -0.4 is 5.73 Å². The summed E-state index contributed by atoms with van der Waals surface area (Å²) in [5, 5.41) is 0. The highest BCUT2D eigenvalue weighted by Crippen LogP contribution is 2.26. The number of benzene rings is 1. The third kappa shape index (κ3) is 4.22. The average Bonchev–Trinajstić information content (AvgIpc) is 2.56. The van der Waals surface area contributed by atoms with Crippen molar-refractivity contribution >= 4 is 11.8 Å². The molecule has 1 aliphatic rings. The van der Waals surface area contributed by atoms with Gasteiger partial charge >= 0.3 is 0 Å². The van der Waals surface area contributed by atoms with Gasteiger partial charge in [-0.05, 0) is 63.5 Å². The summed E-state index contributed by atoms with van der Waals surface area (Å²) in [6.45, 7) is 6.54. The van der Waals surface area contributed by atoms with Gasteiger partial charge in [0.15, 0.2) is 0 Å². The van der Waals surface area contributed by atoms with Crippen molar-refractivity contribution in [3.63, 3.8) is 0 Å². The normalized spacial score (nSPS) is 19.1. The summed E-state index contributed by atoms with van der Waals surface area (Å²) in [4.78, 5) is 6.35. The van der Waals surface area contributed by atoms with E-state index in [4.69, 9.17) is 5.73 Å². The lowest BCUT2D eigenvalue weighted by Gasteiger charge is -2.40. The molecule has 3 nitrogen and oxygen atoms in total. The third-order valence-electron chi connectivity index (χ3n) is 4.80. The van der Waals surface area contributed by atoms with Crippen LogP contribution in [0, 0.1) is 0 Å². The van der Waals surface area contributed by atoms with Crippen molar-refractivity contribution < 1.29 is 0 Å². The van der Waals surface area contributed by atoms with Gasteiger partial charge < -0.3 is 10.6 Å². The van der Waals surface area contributed by atoms with E-state index in [0.717, 1.165) is 0 Å². The van der Waals surface area contributed by atoms with E-state index < -0.39 is 0 Å². The van der Waals surface area contributed by atoms with Crippen LogP contribution in [0.4, 0.5) is 0 Å². The van der Waals surface area contributed by atoms with Gasteiger partial charge in [-0.1, -0.05) is 19.1 Å². The highest BCUT2D eigenvalue weighted by atomic mass is 32.2. The summed E-state index contributed by atoms with van der Waals surface area (Å²) < 4.78 is 0. The quantitative estimate of drug-likeness (QED) is 0.819. The Morgan fingerprint density at radius 2 is 1.90 bits per heavy atom. The topological polar surface area (TPSA) is 32.5 Å². The van der Waals surface area contributed by atoms with E-state index in [2.05, 4.69) is 54.3 Å². The maximum atomic E-state index is 6.08. The number of likely N-dealkylation sites (tertiary alicyclic amines) is 1. The molecule has 1 aromatic rings. The van der Waals surface area contributed by atoms with Gasteiger partial charge in [0.2, 0.25) is 0 Å². The molecule has 0 radical (unpaired) electrons. The Morgan fingerprint density at radius 1 is 1.29 bits per heavy atom. The Bertz CT molecular complexity index is 413. The Labute approximate surface area is 133 Å². The molecule has 0 aromatic heterocycles. The minimum absolute atomic E-state index is 0.332. The van der Waals surface area contributed by atoms with Crippen LogP contribution in [-0.2, 0) is 0 Å². The standard InChI is InChI=1S/C17H29N3S/c1-4-20-11-9-15(10-12-20)19(2)17(13-18)14-5-7-16(21-3)8-6-14/h5-8,15,17H,4,9-13,18H2,1-3H3. The van der Waals surface area contributed by atoms with Crippen LogP contribution in [0.5, 0.6) is 0 Å². The fourth-order valence-electron chi connectivity index (χ4n) is 3.26. The summed E-state index contributed by atoms with van der Waals surface area (Å²) in [5.74, 6) is 0. The number of nitrogens with zero attached hydrogens (tertiary/aromatic N) is 2. The number of hydrogen-bond acceptors (Lipinski definition) is 4. The molecule has 1 unspecified atom stereocenters. The first-order valence-electron chi connectivity index (χ1n) is 7.97. The van der Waals surface area contributed by atoms with E-state index in [9.17, 15) is 0 Å². The molecule has 1 aromatic carbocycles. The second kappa shape index (κ2) is 8.18. The number of hydrogen-bond donors (Lipinski definition) is 1. The number of likely N-dealkylation sites (N-methyl/N-ethyl adjacent to an activating group) is 1. The van der Waals surface area contributed by atoms with Crippen LogP contribution in [0.15, 0.2) is 29.2 Å². The Hall–Kier alpha value is -0.550. The lowest BCUT2D eigenvalue weighted by molar-refractivity contribution is 0.101. The van der Waals surface area contributed by atoms with Crippen LogP contribution >= 0.6 is 11.8 Å². The number of nitrogens with two attached hydrogens (primary N) is 1. The van der Waals surface area contributed by atoms with Gasteiger partial charge in [-0.3, -0.25) is 4.90 Å². The zero-order chi connectivity index (χ0) is 15.2. The van der Waals surface area contributed by atoms with Crippen LogP contribution in [-0.4, -0.2) is 55.3 Å². The maximum absolute atomic E-state index is 6.08. The fourth-order valence-corrected chi connectivity index (χ4v) is 3.67. The molecule has 4 heteroatoms. The maximum Gasteiger partial charge on any atom is 0.0470 e. The van der Waals surface area contributed by atoms with Crippen molar-refractivity contribution in [2.24, 2.45) is 5.73 Å². The zero-order valence-corrected chi connectivity index (χ0v) is 14.4. The predicted molar refractivity (Wildman–Crippen MR) is 92.9 cm³/mol. The molecular weight excluding hydrogens is 278 g/mol. The van der Waals surface area contributed by atoms with E-state index in [1.807, 2.05) is 0 Å². The van der Waals surface area contributed by atoms with Gasteiger partial charge in [0, 0.05) is 23.5 Å². The number of piperidine rings is 1. The Kier molecular flexibility index (Phi) is 6.55. The van der Waals surface area contributed by atoms with Gasteiger partial charge in [-0.25, -0.2) is 0 Å². The summed E-state index contributed by atoms with van der Waals surface area (Å²) in [5.41, 5.74) is 7.42. The molecular formula is C17H29N3S. The summed E-state index contributed by atoms with van der Waals surface area (Å²) >= 11 is 1.79. The molecule has 0 bridgehead atoms. The minimum Gasteiger partial charge on any atom is -0.329 e. The van der Waals surface area contributed by atoms with E-state index in [-0.39, 0.29) is 0 Å². The molecule has 2 rings (SSSR count). The molecule has 0 spiro atoms. The molecule has 1 heterocycles. The predicted octanol–water partition coefficient (Wildman–Crippen LogP) is 2.82. The molecule has 0 saturated carbocycles. The fraction of sp³-hybridized carbons (Fsp3) is 0.647. The average molecular weight is 308 g/mol. The molecule has 21 heavy (non-hydrogen) atoms. The van der Waals surface area contributed by atoms with E-state index in [1.54, 1.807) is 11.8 Å². The molecule has 1 aliphatic heterocycles. The second-order valence-corrected chi connectivity index (χ2v) is 6.74. The van der Waals surface area contributed by atoms with Gasteiger partial charge in [0.1, 0.15) is 0 Å². The van der Waals surface area contributed by atoms with Crippen LogP contribution in [0.2, 0.25) is 0 Å². The van der Waals surface area contributed by atoms with Crippen molar-refractivity contribution in [3.05, 3.63) is 29.8 Å². The van der Waals surface area contributed by atoms with Crippen molar-refractivity contribution in [3.8, 4) is 0 Å². The lowest BCUT2D eigenvalue weighted by atomic mass is 9.98. The first-order chi connectivity index (χ1) is 10.2. The van der Waals surface area contributed by atoms with Gasteiger partial charge in [0.05, 0.1) is 0 Å². The molecule has 2 N–H and O–H groups in total. The van der Waals surface area contributed by atoms with Crippen molar-refractivity contribution in [1.29, 1.82) is 0 Å². The van der Waals surface area contributed by atoms with Gasteiger partial charge in [0.25, 0.3) is 0 Å². The van der Waals surface area contributed by atoms with Crippen molar-refractivity contribution in [1.82, 2.24) is 9.80 Å². The van der Waals surface area contributed by atoms with Crippen LogP contribution in [0.3, 0.4) is 0 Å². The van der Waals surface area contributed by atoms with E-state index in [1.165, 1.54) is 42.9 Å².